The Morgan fingerprint density at radius 2 is 1.65 bits per heavy atom. The molecule has 2 saturated carbocycles. The van der Waals surface area contributed by atoms with Gasteiger partial charge in [-0.1, -0.05) is 33.1 Å². The van der Waals surface area contributed by atoms with E-state index < -0.39 is 0 Å². The molecule has 1 N–H and O–H groups in total. The molecule has 2 nitrogen and oxygen atoms in total. The third-order valence-electron chi connectivity index (χ3n) is 5.87. The van der Waals surface area contributed by atoms with Gasteiger partial charge >= 0.3 is 0 Å². The van der Waals surface area contributed by atoms with E-state index >= 15 is 0 Å². The molecule has 0 aliphatic heterocycles. The summed E-state index contributed by atoms with van der Waals surface area (Å²) in [6.45, 7) is 5.86. The zero-order valence-electron chi connectivity index (χ0n) is 14.0. The summed E-state index contributed by atoms with van der Waals surface area (Å²) >= 11 is 0. The van der Waals surface area contributed by atoms with E-state index in [0.717, 1.165) is 24.0 Å². The quantitative estimate of drug-likeness (QED) is 0.784. The van der Waals surface area contributed by atoms with Gasteiger partial charge < -0.3 is 10.2 Å². The molecule has 0 bridgehead atoms. The van der Waals surface area contributed by atoms with Gasteiger partial charge in [-0.2, -0.15) is 0 Å². The Morgan fingerprint density at radius 1 is 0.950 bits per heavy atom. The lowest BCUT2D eigenvalue weighted by atomic mass is 9.80. The van der Waals surface area contributed by atoms with E-state index in [-0.39, 0.29) is 0 Å². The van der Waals surface area contributed by atoms with Crippen LogP contribution in [0.1, 0.15) is 78.1 Å². The molecule has 0 heterocycles. The first-order valence-corrected chi connectivity index (χ1v) is 9.21. The average molecular weight is 280 g/mol. The topological polar surface area (TPSA) is 15.3 Å². The van der Waals surface area contributed by atoms with E-state index in [0.29, 0.717) is 0 Å². The van der Waals surface area contributed by atoms with E-state index in [4.69, 9.17) is 0 Å². The van der Waals surface area contributed by atoms with Crippen LogP contribution in [0.15, 0.2) is 0 Å². The molecule has 0 aromatic heterocycles. The summed E-state index contributed by atoms with van der Waals surface area (Å²) in [5.74, 6) is 0.963. The molecule has 0 radical (unpaired) electrons. The highest BCUT2D eigenvalue weighted by Gasteiger charge is 2.32. The number of rotatable bonds is 6. The van der Waals surface area contributed by atoms with Gasteiger partial charge in [0.2, 0.25) is 0 Å². The Bertz CT molecular complexity index is 258. The number of nitrogens with one attached hydrogen (secondary N) is 1. The van der Waals surface area contributed by atoms with Crippen LogP contribution in [0.5, 0.6) is 0 Å². The molecule has 0 spiro atoms. The summed E-state index contributed by atoms with van der Waals surface area (Å²) in [7, 11) is 2.42. The van der Waals surface area contributed by atoms with Crippen molar-refractivity contribution < 1.29 is 0 Å². The molecule has 2 rings (SSSR count). The molecular formula is C18H36N2. The molecule has 2 aliphatic carbocycles. The molecule has 0 aromatic rings. The second kappa shape index (κ2) is 8.38. The first-order chi connectivity index (χ1) is 9.76. The van der Waals surface area contributed by atoms with Crippen LogP contribution in [0.3, 0.4) is 0 Å². The Labute approximate surface area is 126 Å². The zero-order chi connectivity index (χ0) is 14.4. The fraction of sp³-hybridized carbons (Fsp3) is 1.00. The van der Waals surface area contributed by atoms with E-state index in [2.05, 4.69) is 31.1 Å². The van der Waals surface area contributed by atoms with Crippen LogP contribution in [0, 0.1) is 5.92 Å². The molecule has 20 heavy (non-hydrogen) atoms. The maximum absolute atomic E-state index is 3.71. The summed E-state index contributed by atoms with van der Waals surface area (Å²) in [6.07, 6.45) is 14.1. The third-order valence-corrected chi connectivity index (χ3v) is 5.87. The first kappa shape index (κ1) is 16.3. The second-order valence-electron chi connectivity index (χ2n) is 7.15. The molecule has 2 fully saturated rings. The average Bonchev–Trinajstić information content (AvgIpc) is 2.52. The minimum atomic E-state index is 0.799. The molecule has 118 valence electrons. The zero-order valence-corrected chi connectivity index (χ0v) is 14.0. The van der Waals surface area contributed by atoms with E-state index in [1.54, 1.807) is 0 Å². The lowest BCUT2D eigenvalue weighted by Gasteiger charge is -2.44. The van der Waals surface area contributed by atoms with Gasteiger partial charge in [0.05, 0.1) is 0 Å². The van der Waals surface area contributed by atoms with Gasteiger partial charge in [0.1, 0.15) is 0 Å². The first-order valence-electron chi connectivity index (χ1n) is 9.21. The third kappa shape index (κ3) is 4.21. The molecule has 2 aliphatic rings. The largest absolute Gasteiger partial charge is 0.314 e. The maximum atomic E-state index is 3.71. The maximum Gasteiger partial charge on any atom is 0.0123 e. The summed E-state index contributed by atoms with van der Waals surface area (Å²) in [6, 6.07) is 2.53. The summed E-state index contributed by atoms with van der Waals surface area (Å²) in [5, 5.41) is 3.71. The van der Waals surface area contributed by atoms with Crippen molar-refractivity contribution >= 4 is 0 Å². The minimum Gasteiger partial charge on any atom is -0.314 e. The fourth-order valence-corrected chi connectivity index (χ4v) is 4.51. The molecule has 2 heteroatoms. The Balaban J connectivity index is 1.79. The van der Waals surface area contributed by atoms with Gasteiger partial charge in [-0.25, -0.2) is 0 Å². The highest BCUT2D eigenvalue weighted by Crippen LogP contribution is 2.33. The smallest absolute Gasteiger partial charge is 0.0123 e. The molecule has 2 unspecified atom stereocenters. The van der Waals surface area contributed by atoms with Crippen molar-refractivity contribution in [2.45, 2.75) is 96.2 Å². The van der Waals surface area contributed by atoms with Crippen LogP contribution in [-0.4, -0.2) is 36.6 Å². The lowest BCUT2D eigenvalue weighted by molar-refractivity contribution is 0.0644. The van der Waals surface area contributed by atoms with Crippen LogP contribution in [0.2, 0.25) is 0 Å². The van der Waals surface area contributed by atoms with Crippen molar-refractivity contribution in [2.75, 3.05) is 13.6 Å². The predicted octanol–water partition coefficient (Wildman–Crippen LogP) is 4.20. The SMILES string of the molecule is CCCNC1CCC(N(C)C2CCCCC2CC)CC1. The van der Waals surface area contributed by atoms with Gasteiger partial charge in [-0.3, -0.25) is 0 Å². The highest BCUT2D eigenvalue weighted by atomic mass is 15.2. The number of hydrogen-bond donors (Lipinski definition) is 1. The van der Waals surface area contributed by atoms with E-state index in [1.165, 1.54) is 70.8 Å². The standard InChI is InChI=1S/C18H36N2/c1-4-14-19-16-10-12-17(13-11-16)20(3)18-9-7-6-8-15(18)5-2/h15-19H,4-14H2,1-3H3. The number of nitrogens with zero attached hydrogens (tertiary/aromatic N) is 1. The van der Waals surface area contributed by atoms with Gasteiger partial charge in [0.15, 0.2) is 0 Å². The van der Waals surface area contributed by atoms with Gasteiger partial charge in [-0.15, -0.1) is 0 Å². The molecule has 2 atom stereocenters. The van der Waals surface area contributed by atoms with Crippen LogP contribution < -0.4 is 5.32 Å². The van der Waals surface area contributed by atoms with E-state index in [1.807, 2.05) is 0 Å². The minimum absolute atomic E-state index is 0.799. The van der Waals surface area contributed by atoms with Crippen molar-refractivity contribution in [3.05, 3.63) is 0 Å². The normalized spacial score (nSPS) is 35.4. The van der Waals surface area contributed by atoms with Crippen LogP contribution in [0.4, 0.5) is 0 Å². The molecular weight excluding hydrogens is 244 g/mol. The summed E-state index contributed by atoms with van der Waals surface area (Å²) in [5.41, 5.74) is 0. The van der Waals surface area contributed by atoms with Gasteiger partial charge in [0.25, 0.3) is 0 Å². The van der Waals surface area contributed by atoms with Crippen molar-refractivity contribution in [2.24, 2.45) is 5.92 Å². The summed E-state index contributed by atoms with van der Waals surface area (Å²) in [4.78, 5) is 2.78. The van der Waals surface area contributed by atoms with Gasteiger partial charge in [-0.05, 0) is 64.5 Å². The fourth-order valence-electron chi connectivity index (χ4n) is 4.51. The van der Waals surface area contributed by atoms with Crippen LogP contribution >= 0.6 is 0 Å². The molecule has 0 aromatic carbocycles. The number of hydrogen-bond acceptors (Lipinski definition) is 2. The predicted molar refractivity (Wildman–Crippen MR) is 88.1 cm³/mol. The second-order valence-corrected chi connectivity index (χ2v) is 7.15. The van der Waals surface area contributed by atoms with Crippen molar-refractivity contribution in [3.8, 4) is 0 Å². The Kier molecular flexibility index (Phi) is 6.83. The van der Waals surface area contributed by atoms with Gasteiger partial charge in [0, 0.05) is 18.1 Å². The van der Waals surface area contributed by atoms with Crippen LogP contribution in [0.25, 0.3) is 0 Å². The Hall–Kier alpha value is -0.0800. The van der Waals surface area contributed by atoms with Crippen molar-refractivity contribution in [1.82, 2.24) is 10.2 Å². The lowest BCUT2D eigenvalue weighted by Crippen LogP contribution is -2.48. The van der Waals surface area contributed by atoms with Crippen molar-refractivity contribution in [3.63, 3.8) is 0 Å². The van der Waals surface area contributed by atoms with Crippen LogP contribution in [-0.2, 0) is 0 Å². The monoisotopic (exact) mass is 280 g/mol. The highest BCUT2D eigenvalue weighted by molar-refractivity contribution is 4.88. The molecule has 0 amide bonds. The Morgan fingerprint density at radius 3 is 2.30 bits per heavy atom. The summed E-state index contributed by atoms with van der Waals surface area (Å²) < 4.78 is 0. The van der Waals surface area contributed by atoms with Crippen molar-refractivity contribution in [1.29, 1.82) is 0 Å². The molecule has 0 saturated heterocycles. The van der Waals surface area contributed by atoms with E-state index in [9.17, 15) is 0 Å².